The fourth-order valence-corrected chi connectivity index (χ4v) is 9.44. The number of aliphatic hydroxyl groups is 1. The molecular formula is C28H34N2O2S2. The van der Waals surface area contributed by atoms with E-state index in [1.54, 1.807) is 22.7 Å². The predicted molar refractivity (Wildman–Crippen MR) is 141 cm³/mol. The summed E-state index contributed by atoms with van der Waals surface area (Å²) >= 11 is 3.42. The minimum Gasteiger partial charge on any atom is -0.510 e. The van der Waals surface area contributed by atoms with Gasteiger partial charge < -0.3 is 14.9 Å². The van der Waals surface area contributed by atoms with Crippen molar-refractivity contribution in [2.24, 2.45) is 11.8 Å². The van der Waals surface area contributed by atoms with Crippen LogP contribution in [0.4, 0.5) is 10.0 Å². The molecule has 4 heterocycles. The summed E-state index contributed by atoms with van der Waals surface area (Å²) in [6.07, 6.45) is 13.3. The van der Waals surface area contributed by atoms with Gasteiger partial charge in [0.2, 0.25) is 0 Å². The molecule has 34 heavy (non-hydrogen) atoms. The van der Waals surface area contributed by atoms with Crippen LogP contribution in [0.25, 0.3) is 5.57 Å². The van der Waals surface area contributed by atoms with Crippen molar-refractivity contribution in [1.82, 2.24) is 0 Å². The van der Waals surface area contributed by atoms with Gasteiger partial charge in [-0.05, 0) is 87.5 Å². The van der Waals surface area contributed by atoms with Gasteiger partial charge >= 0.3 is 0 Å². The molecule has 2 saturated heterocycles. The largest absolute Gasteiger partial charge is 0.510 e. The minimum absolute atomic E-state index is 0.0917. The van der Waals surface area contributed by atoms with E-state index in [-0.39, 0.29) is 11.5 Å². The SMILES string of the molecule is O=C1C(c2ccc(N3CCCCC4CCC43)s2)=C(O)C1c1ccc(N2CCCCC3CCC32)s1. The van der Waals surface area contributed by atoms with Gasteiger partial charge in [-0.2, -0.15) is 0 Å². The number of carbonyl (C=O) groups is 1. The number of anilines is 2. The molecule has 0 spiro atoms. The number of hydrogen-bond acceptors (Lipinski definition) is 6. The van der Waals surface area contributed by atoms with Crippen LogP contribution in [0.3, 0.4) is 0 Å². The lowest BCUT2D eigenvalue weighted by atomic mass is 9.77. The Morgan fingerprint density at radius 2 is 1.35 bits per heavy atom. The number of carbonyl (C=O) groups excluding carboxylic acids is 1. The van der Waals surface area contributed by atoms with Gasteiger partial charge in [-0.15, -0.1) is 22.7 Å². The lowest BCUT2D eigenvalue weighted by molar-refractivity contribution is -0.116. The number of fused-ring (bicyclic) bond motifs is 2. The van der Waals surface area contributed by atoms with E-state index in [4.69, 9.17) is 0 Å². The molecule has 7 rings (SSSR count). The van der Waals surface area contributed by atoms with Crippen molar-refractivity contribution in [3.8, 4) is 0 Å². The molecule has 2 aromatic rings. The Balaban J connectivity index is 1.11. The molecule has 3 aliphatic carbocycles. The molecule has 4 fully saturated rings. The molecule has 4 nitrogen and oxygen atoms in total. The first-order chi connectivity index (χ1) is 16.7. The van der Waals surface area contributed by atoms with Crippen molar-refractivity contribution in [2.45, 2.75) is 82.2 Å². The van der Waals surface area contributed by atoms with Gasteiger partial charge in [-0.25, -0.2) is 0 Å². The van der Waals surface area contributed by atoms with Gasteiger partial charge in [0.25, 0.3) is 0 Å². The molecule has 2 saturated carbocycles. The third kappa shape index (κ3) is 3.31. The Kier molecular flexibility index (Phi) is 5.31. The molecule has 0 bridgehead atoms. The highest BCUT2D eigenvalue weighted by Gasteiger charge is 2.44. The van der Waals surface area contributed by atoms with Crippen LogP contribution in [0.2, 0.25) is 0 Å². The first-order valence-corrected chi connectivity index (χ1v) is 15.0. The van der Waals surface area contributed by atoms with Gasteiger partial charge in [0, 0.05) is 34.9 Å². The number of allylic oxidation sites excluding steroid dienone is 2. The van der Waals surface area contributed by atoms with Crippen molar-refractivity contribution in [2.75, 3.05) is 22.9 Å². The Morgan fingerprint density at radius 1 is 0.735 bits per heavy atom. The zero-order chi connectivity index (χ0) is 22.8. The van der Waals surface area contributed by atoms with Gasteiger partial charge in [0.05, 0.1) is 15.6 Å². The van der Waals surface area contributed by atoms with Crippen LogP contribution in [0.5, 0.6) is 0 Å². The van der Waals surface area contributed by atoms with Crippen LogP contribution in [0.1, 0.15) is 79.9 Å². The summed E-state index contributed by atoms with van der Waals surface area (Å²) in [6, 6.07) is 9.88. The molecule has 180 valence electrons. The second-order valence-corrected chi connectivity index (χ2v) is 13.2. The topological polar surface area (TPSA) is 43.8 Å². The predicted octanol–water partition coefficient (Wildman–Crippen LogP) is 6.98. The van der Waals surface area contributed by atoms with E-state index in [0.29, 0.717) is 17.7 Å². The summed E-state index contributed by atoms with van der Waals surface area (Å²) in [6.45, 7) is 2.25. The van der Waals surface area contributed by atoms with Crippen molar-refractivity contribution in [1.29, 1.82) is 0 Å². The van der Waals surface area contributed by atoms with Gasteiger partial charge in [0.1, 0.15) is 11.7 Å². The number of hydrogen-bond donors (Lipinski definition) is 1. The fourth-order valence-electron chi connectivity index (χ4n) is 7.09. The maximum absolute atomic E-state index is 13.3. The smallest absolute Gasteiger partial charge is 0.183 e. The molecule has 0 amide bonds. The Bertz CT molecular complexity index is 1130. The Morgan fingerprint density at radius 3 is 1.94 bits per heavy atom. The van der Waals surface area contributed by atoms with Crippen molar-refractivity contribution < 1.29 is 9.90 Å². The molecular weight excluding hydrogens is 460 g/mol. The zero-order valence-electron chi connectivity index (χ0n) is 19.7. The number of nitrogens with zero attached hydrogens (tertiary/aromatic N) is 2. The molecule has 2 aliphatic heterocycles. The van der Waals surface area contributed by atoms with Crippen molar-refractivity contribution in [3.63, 3.8) is 0 Å². The van der Waals surface area contributed by atoms with Crippen LogP contribution in [0.15, 0.2) is 30.0 Å². The molecule has 0 aromatic carbocycles. The van der Waals surface area contributed by atoms with Gasteiger partial charge in [-0.1, -0.05) is 12.8 Å². The minimum atomic E-state index is -0.460. The Labute approximate surface area is 210 Å². The number of rotatable bonds is 4. The number of aliphatic hydroxyl groups excluding tert-OH is 1. The van der Waals surface area contributed by atoms with Crippen molar-refractivity contribution in [3.05, 3.63) is 39.8 Å². The highest BCUT2D eigenvalue weighted by atomic mass is 32.1. The number of Topliss-reactive ketones (excluding diaryl/α,β-unsaturated/α-hetero) is 1. The Hall–Kier alpha value is -1.79. The first-order valence-electron chi connectivity index (χ1n) is 13.4. The van der Waals surface area contributed by atoms with Crippen LogP contribution in [0, 0.1) is 11.8 Å². The number of thiophene rings is 2. The average Bonchev–Trinajstić information content (AvgIpc) is 3.39. The second-order valence-electron chi connectivity index (χ2n) is 11.1. The molecule has 5 aliphatic rings. The summed E-state index contributed by atoms with van der Waals surface area (Å²) < 4.78 is 0. The molecule has 5 unspecified atom stereocenters. The summed E-state index contributed by atoms with van der Waals surface area (Å²) in [5.41, 5.74) is 0.560. The third-order valence-electron chi connectivity index (χ3n) is 9.34. The van der Waals surface area contributed by atoms with E-state index in [1.165, 1.54) is 74.2 Å². The van der Waals surface area contributed by atoms with E-state index in [9.17, 15) is 9.90 Å². The first kappa shape index (κ1) is 21.5. The zero-order valence-corrected chi connectivity index (χ0v) is 21.4. The summed E-state index contributed by atoms with van der Waals surface area (Å²) in [7, 11) is 0. The van der Waals surface area contributed by atoms with Crippen LogP contribution in [-0.2, 0) is 4.79 Å². The van der Waals surface area contributed by atoms with Gasteiger partial charge in [0.15, 0.2) is 5.78 Å². The van der Waals surface area contributed by atoms with E-state index >= 15 is 0 Å². The molecule has 2 aromatic heterocycles. The highest BCUT2D eigenvalue weighted by Crippen LogP contribution is 2.50. The monoisotopic (exact) mass is 494 g/mol. The molecule has 5 atom stereocenters. The van der Waals surface area contributed by atoms with E-state index in [2.05, 4.69) is 34.1 Å². The fraction of sp³-hybridized carbons (Fsp3) is 0.607. The van der Waals surface area contributed by atoms with Crippen LogP contribution >= 0.6 is 22.7 Å². The lowest BCUT2D eigenvalue weighted by Crippen LogP contribution is -2.45. The van der Waals surface area contributed by atoms with Crippen LogP contribution < -0.4 is 9.80 Å². The second kappa shape index (κ2) is 8.41. The molecule has 0 radical (unpaired) electrons. The quantitative estimate of drug-likeness (QED) is 0.498. The lowest BCUT2D eigenvalue weighted by Gasteiger charge is -2.43. The van der Waals surface area contributed by atoms with E-state index < -0.39 is 5.92 Å². The summed E-state index contributed by atoms with van der Waals surface area (Å²) in [5.74, 6) is 1.61. The van der Waals surface area contributed by atoms with E-state index in [1.807, 2.05) is 0 Å². The van der Waals surface area contributed by atoms with Gasteiger partial charge in [-0.3, -0.25) is 4.79 Å². The normalized spacial score (nSPS) is 33.3. The average molecular weight is 495 g/mol. The highest BCUT2D eigenvalue weighted by molar-refractivity contribution is 7.18. The third-order valence-corrected chi connectivity index (χ3v) is 11.7. The standard InChI is InChI=1S/C28H34N2O2S2/c31-27-25(21-11-13-23(33-21)29-15-3-1-5-17-7-9-19(17)29)28(32)26(27)22-12-14-24(34-22)30-16-4-2-6-18-8-10-20(18)30/h11-14,17-20,25,31H,1-10,15-16H2. The van der Waals surface area contributed by atoms with Crippen molar-refractivity contribution >= 4 is 44.0 Å². The summed E-state index contributed by atoms with van der Waals surface area (Å²) in [5, 5.41) is 13.6. The summed E-state index contributed by atoms with van der Waals surface area (Å²) in [4.78, 5) is 20.4. The maximum Gasteiger partial charge on any atom is 0.183 e. The molecule has 1 N–H and O–H groups in total. The molecule has 6 heteroatoms. The number of ketones is 1. The maximum atomic E-state index is 13.3. The van der Waals surface area contributed by atoms with E-state index in [0.717, 1.165) is 34.7 Å². The van der Waals surface area contributed by atoms with Crippen LogP contribution in [-0.4, -0.2) is 36.1 Å².